The summed E-state index contributed by atoms with van der Waals surface area (Å²) < 4.78 is 0. The van der Waals surface area contributed by atoms with E-state index in [2.05, 4.69) is 75.3 Å². The maximum absolute atomic E-state index is 7.34. The Bertz CT molecular complexity index is 2510. The number of nitrogens with zero attached hydrogens (tertiary/aromatic N) is 6. The quantitative estimate of drug-likeness (QED) is 0.154. The van der Waals surface area contributed by atoms with Gasteiger partial charge in [-0.25, -0.2) is 24.6 Å². The van der Waals surface area contributed by atoms with Crippen molar-refractivity contribution in [1.29, 1.82) is 0 Å². The molecule has 6 nitrogen and oxygen atoms in total. The molecule has 7 aromatic rings. The van der Waals surface area contributed by atoms with E-state index in [0.717, 1.165) is 56.8 Å². The molecule has 2 heterocycles. The first-order valence-corrected chi connectivity index (χ1v) is 19.5. The largest absolute Gasteiger partial charge is 0.256 e. The van der Waals surface area contributed by atoms with Crippen molar-refractivity contribution in [3.63, 3.8) is 0 Å². The Morgan fingerprint density at radius 3 is 1.46 bits per heavy atom. The summed E-state index contributed by atoms with van der Waals surface area (Å²) in [5.74, 6) is 4.49. The minimum atomic E-state index is 0.395. The summed E-state index contributed by atoms with van der Waals surface area (Å²) >= 11 is 0. The lowest BCUT2D eigenvalue weighted by atomic mass is 9.48. The van der Waals surface area contributed by atoms with Crippen LogP contribution in [-0.4, -0.2) is 19.9 Å². The van der Waals surface area contributed by atoms with Gasteiger partial charge in [-0.3, -0.25) is 4.98 Å². The van der Waals surface area contributed by atoms with Gasteiger partial charge in [0.25, 0.3) is 0 Å². The monoisotopic (exact) mass is 722 g/mol. The fraction of sp³-hybridized carbons (Fsp3) is 0.200. The summed E-state index contributed by atoms with van der Waals surface area (Å²) in [6.07, 6.45) is 10.3. The van der Waals surface area contributed by atoms with Gasteiger partial charge in [-0.1, -0.05) is 115 Å². The molecule has 5 aromatic carbocycles. The van der Waals surface area contributed by atoms with Crippen molar-refractivity contribution in [3.05, 3.63) is 168 Å². The highest BCUT2D eigenvalue weighted by Gasteiger charge is 2.51. The predicted molar refractivity (Wildman–Crippen MR) is 223 cm³/mol. The van der Waals surface area contributed by atoms with Crippen LogP contribution < -0.4 is 0 Å². The van der Waals surface area contributed by atoms with E-state index in [0.29, 0.717) is 34.3 Å². The average Bonchev–Trinajstić information content (AvgIpc) is 3.26. The molecule has 4 aliphatic carbocycles. The van der Waals surface area contributed by atoms with Crippen LogP contribution in [0, 0.1) is 30.9 Å². The normalized spacial score (nSPS) is 20.6. The molecule has 4 saturated carbocycles. The van der Waals surface area contributed by atoms with Crippen molar-refractivity contribution in [1.82, 2.24) is 19.9 Å². The zero-order valence-corrected chi connectivity index (χ0v) is 30.9. The standard InChI is InChI=1S/C50H38N6/c1-51-44-18-12-37(13-19-44)40-4-3-5-41(27-40)48-54-47(55-49(56-48)42-22-23-53-46(28-42)38-14-20-45(52-2)21-15-38)39-8-6-35(7-9-39)36-10-16-43(17-11-36)50-29-32-24-33(30-50)26-34(25-32)31-50/h3-23,27-28,32-34H,24-26,29-31H2. The Balaban J connectivity index is 0.998. The molecular weight excluding hydrogens is 685 g/mol. The van der Waals surface area contributed by atoms with Crippen molar-refractivity contribution in [2.45, 2.75) is 43.9 Å². The van der Waals surface area contributed by atoms with Gasteiger partial charge in [0, 0.05) is 22.9 Å². The summed E-state index contributed by atoms with van der Waals surface area (Å²) in [6.45, 7) is 14.7. The van der Waals surface area contributed by atoms with Crippen LogP contribution in [0.2, 0.25) is 0 Å². The second-order valence-corrected chi connectivity index (χ2v) is 16.0. The molecule has 56 heavy (non-hydrogen) atoms. The van der Waals surface area contributed by atoms with Gasteiger partial charge in [0.1, 0.15) is 0 Å². The number of hydrogen-bond acceptors (Lipinski definition) is 4. The predicted octanol–water partition coefficient (Wildman–Crippen LogP) is 12.8. The number of benzene rings is 5. The SMILES string of the molecule is [C-]#[N+]c1ccc(-c2cccc(-c3nc(-c4ccc(-c5ccc(C67CC8CC(CC(C8)C6)C7)cc5)cc4)nc(-c4ccnc(-c5ccc([N+]#[C-])cc5)c4)n3)c2)cc1. The van der Waals surface area contributed by atoms with Gasteiger partial charge in [0.15, 0.2) is 28.8 Å². The molecule has 4 bridgehead atoms. The first-order chi connectivity index (χ1) is 27.5. The van der Waals surface area contributed by atoms with Gasteiger partial charge in [0.2, 0.25) is 0 Å². The maximum atomic E-state index is 7.34. The summed E-state index contributed by atoms with van der Waals surface area (Å²) in [4.78, 5) is 26.8. The van der Waals surface area contributed by atoms with Crippen molar-refractivity contribution in [3.8, 4) is 67.7 Å². The number of hydrogen-bond donors (Lipinski definition) is 0. The van der Waals surface area contributed by atoms with Crippen LogP contribution in [0.4, 0.5) is 11.4 Å². The molecule has 0 atom stereocenters. The Morgan fingerprint density at radius 2 is 0.893 bits per heavy atom. The Morgan fingerprint density at radius 1 is 0.446 bits per heavy atom. The molecular formula is C50H38N6. The fourth-order valence-electron chi connectivity index (χ4n) is 10.1. The highest BCUT2D eigenvalue weighted by molar-refractivity contribution is 5.75. The van der Waals surface area contributed by atoms with Crippen LogP contribution in [-0.2, 0) is 5.41 Å². The van der Waals surface area contributed by atoms with E-state index >= 15 is 0 Å². The van der Waals surface area contributed by atoms with Crippen molar-refractivity contribution in [2.24, 2.45) is 17.8 Å². The molecule has 0 unspecified atom stereocenters. The number of aromatic nitrogens is 4. The zero-order valence-electron chi connectivity index (χ0n) is 30.9. The van der Waals surface area contributed by atoms with Crippen LogP contribution in [0.15, 0.2) is 140 Å². The molecule has 268 valence electrons. The molecule has 0 saturated heterocycles. The van der Waals surface area contributed by atoms with Crippen molar-refractivity contribution in [2.75, 3.05) is 0 Å². The molecule has 0 radical (unpaired) electrons. The van der Waals surface area contributed by atoms with E-state index in [4.69, 9.17) is 28.1 Å². The Labute approximate surface area is 327 Å². The van der Waals surface area contributed by atoms with Crippen LogP contribution in [0.1, 0.15) is 44.1 Å². The van der Waals surface area contributed by atoms with Crippen LogP contribution >= 0.6 is 0 Å². The van der Waals surface area contributed by atoms with E-state index in [1.165, 1.54) is 49.7 Å². The van der Waals surface area contributed by atoms with E-state index in [9.17, 15) is 0 Å². The minimum absolute atomic E-state index is 0.395. The lowest BCUT2D eigenvalue weighted by Crippen LogP contribution is -2.48. The highest BCUT2D eigenvalue weighted by Crippen LogP contribution is 2.60. The first kappa shape index (κ1) is 33.8. The molecule has 0 N–H and O–H groups in total. The third kappa shape index (κ3) is 6.34. The molecule has 4 fully saturated rings. The van der Waals surface area contributed by atoms with Gasteiger partial charge >= 0.3 is 0 Å². The van der Waals surface area contributed by atoms with Gasteiger partial charge in [-0.05, 0) is 113 Å². The van der Waals surface area contributed by atoms with Gasteiger partial charge in [0.05, 0.1) is 18.8 Å². The average molecular weight is 723 g/mol. The fourth-order valence-corrected chi connectivity index (χ4v) is 10.1. The molecule has 0 spiro atoms. The van der Waals surface area contributed by atoms with Crippen LogP contribution in [0.5, 0.6) is 0 Å². The number of pyridine rings is 1. The maximum Gasteiger partial charge on any atom is 0.187 e. The van der Waals surface area contributed by atoms with E-state index in [-0.39, 0.29) is 0 Å². The molecule has 0 amide bonds. The third-order valence-electron chi connectivity index (χ3n) is 12.4. The lowest BCUT2D eigenvalue weighted by Gasteiger charge is -2.57. The van der Waals surface area contributed by atoms with Gasteiger partial charge in [-0.15, -0.1) is 0 Å². The van der Waals surface area contributed by atoms with Gasteiger partial charge < -0.3 is 0 Å². The van der Waals surface area contributed by atoms with E-state index in [1.807, 2.05) is 60.7 Å². The van der Waals surface area contributed by atoms with Crippen LogP contribution in [0.25, 0.3) is 77.4 Å². The molecule has 6 heteroatoms. The van der Waals surface area contributed by atoms with Gasteiger partial charge in [-0.2, -0.15) is 0 Å². The summed E-state index contributed by atoms with van der Waals surface area (Å²) in [5, 5.41) is 0. The lowest BCUT2D eigenvalue weighted by molar-refractivity contribution is -0.00518. The molecule has 4 aliphatic rings. The van der Waals surface area contributed by atoms with Crippen molar-refractivity contribution < 1.29 is 0 Å². The van der Waals surface area contributed by atoms with E-state index < -0.39 is 0 Å². The second-order valence-electron chi connectivity index (χ2n) is 16.0. The molecule has 11 rings (SSSR count). The van der Waals surface area contributed by atoms with E-state index in [1.54, 1.807) is 23.9 Å². The zero-order chi connectivity index (χ0) is 37.6. The minimum Gasteiger partial charge on any atom is -0.256 e. The van der Waals surface area contributed by atoms with Crippen LogP contribution in [0.3, 0.4) is 0 Å². The number of rotatable bonds is 7. The topological polar surface area (TPSA) is 60.3 Å². The molecule has 0 aliphatic heterocycles. The first-order valence-electron chi connectivity index (χ1n) is 19.5. The summed E-state index contributed by atoms with van der Waals surface area (Å²) in [5.41, 5.74) is 11.8. The molecule has 2 aromatic heterocycles. The third-order valence-corrected chi connectivity index (χ3v) is 12.4. The van der Waals surface area contributed by atoms with Crippen molar-refractivity contribution >= 4 is 11.4 Å². The Kier molecular flexibility index (Phi) is 8.34. The Hall–Kier alpha value is -6.76. The second kappa shape index (κ2) is 13.8. The smallest absolute Gasteiger partial charge is 0.187 e. The highest BCUT2D eigenvalue weighted by atomic mass is 15.0. The summed E-state index contributed by atoms with van der Waals surface area (Å²) in [7, 11) is 0. The summed E-state index contributed by atoms with van der Waals surface area (Å²) in [6, 6.07) is 45.2.